The molecule has 0 aliphatic carbocycles. The molecule has 0 atom stereocenters. The van der Waals surface area contributed by atoms with Gasteiger partial charge < -0.3 is 14.8 Å². The van der Waals surface area contributed by atoms with Crippen molar-refractivity contribution in [2.75, 3.05) is 18.5 Å². The molecule has 7 heteroatoms. The molecule has 0 fully saturated rings. The molecule has 0 unspecified atom stereocenters. The Hall–Kier alpha value is -3.09. The standard InChI is InChI=1S/C22H19ClN2O3S/c23-20-12-5-4-11-19(20)21(26)25-22(29)24-16-7-6-10-18(15-16)28-14-13-27-17-8-2-1-3-9-17/h1-12,15H,13-14H2,(H2,24,25,26,29). The van der Waals surface area contributed by atoms with E-state index in [2.05, 4.69) is 10.6 Å². The van der Waals surface area contributed by atoms with Crippen LogP contribution in [-0.2, 0) is 0 Å². The largest absolute Gasteiger partial charge is 0.490 e. The number of anilines is 1. The molecule has 2 N–H and O–H groups in total. The molecule has 3 aromatic rings. The smallest absolute Gasteiger partial charge is 0.258 e. The molecule has 0 spiro atoms. The maximum atomic E-state index is 12.3. The number of amides is 1. The first-order valence-corrected chi connectivity index (χ1v) is 9.68. The second-order valence-corrected chi connectivity index (χ2v) is 6.74. The number of carbonyl (C=O) groups excluding carboxylic acids is 1. The lowest BCUT2D eigenvalue weighted by Gasteiger charge is -2.12. The number of carbonyl (C=O) groups is 1. The van der Waals surface area contributed by atoms with Crippen molar-refractivity contribution in [3.63, 3.8) is 0 Å². The normalized spacial score (nSPS) is 10.1. The van der Waals surface area contributed by atoms with Gasteiger partial charge in [0.2, 0.25) is 0 Å². The second-order valence-electron chi connectivity index (χ2n) is 5.93. The Morgan fingerprint density at radius 3 is 2.28 bits per heavy atom. The summed E-state index contributed by atoms with van der Waals surface area (Å²) in [5.41, 5.74) is 1.05. The summed E-state index contributed by atoms with van der Waals surface area (Å²) in [6, 6.07) is 23.6. The average molecular weight is 427 g/mol. The first-order valence-electron chi connectivity index (χ1n) is 8.89. The van der Waals surface area contributed by atoms with E-state index in [1.807, 2.05) is 48.5 Å². The molecule has 0 saturated carbocycles. The number of hydrogen-bond acceptors (Lipinski definition) is 4. The quantitative estimate of drug-likeness (QED) is 0.414. The summed E-state index contributed by atoms with van der Waals surface area (Å²) in [6.07, 6.45) is 0. The van der Waals surface area contributed by atoms with Crippen LogP contribution in [0.5, 0.6) is 11.5 Å². The van der Waals surface area contributed by atoms with Gasteiger partial charge in [-0.05, 0) is 48.6 Å². The topological polar surface area (TPSA) is 59.6 Å². The minimum atomic E-state index is -0.376. The van der Waals surface area contributed by atoms with Crippen LogP contribution in [0.3, 0.4) is 0 Å². The number of nitrogens with one attached hydrogen (secondary N) is 2. The van der Waals surface area contributed by atoms with E-state index >= 15 is 0 Å². The van der Waals surface area contributed by atoms with Gasteiger partial charge in [-0.3, -0.25) is 10.1 Å². The van der Waals surface area contributed by atoms with Gasteiger partial charge in [-0.2, -0.15) is 0 Å². The minimum absolute atomic E-state index is 0.166. The molecular formula is C22H19ClN2O3S. The summed E-state index contributed by atoms with van der Waals surface area (Å²) >= 11 is 11.2. The molecule has 0 radical (unpaired) electrons. The van der Waals surface area contributed by atoms with Crippen LogP contribution in [0.1, 0.15) is 10.4 Å². The highest BCUT2D eigenvalue weighted by atomic mass is 35.5. The summed E-state index contributed by atoms with van der Waals surface area (Å²) in [5.74, 6) is 1.08. The second kappa shape index (κ2) is 10.5. The Bertz CT molecular complexity index is 983. The lowest BCUT2D eigenvalue weighted by atomic mass is 10.2. The van der Waals surface area contributed by atoms with Gasteiger partial charge in [-0.25, -0.2) is 0 Å². The van der Waals surface area contributed by atoms with Crippen molar-refractivity contribution in [1.82, 2.24) is 5.32 Å². The summed E-state index contributed by atoms with van der Waals surface area (Å²) in [7, 11) is 0. The highest BCUT2D eigenvalue weighted by molar-refractivity contribution is 7.80. The third-order valence-corrected chi connectivity index (χ3v) is 4.34. The van der Waals surface area contributed by atoms with Crippen molar-refractivity contribution in [3.05, 3.63) is 89.4 Å². The van der Waals surface area contributed by atoms with Gasteiger partial charge in [0.15, 0.2) is 5.11 Å². The van der Waals surface area contributed by atoms with Crippen molar-refractivity contribution < 1.29 is 14.3 Å². The third-order valence-electron chi connectivity index (χ3n) is 3.80. The molecule has 0 saturated heterocycles. The van der Waals surface area contributed by atoms with E-state index < -0.39 is 0 Å². The molecule has 0 aromatic heterocycles. The van der Waals surface area contributed by atoms with E-state index in [0.717, 1.165) is 5.75 Å². The van der Waals surface area contributed by atoms with Gasteiger partial charge in [0.05, 0.1) is 10.6 Å². The zero-order valence-electron chi connectivity index (χ0n) is 15.4. The van der Waals surface area contributed by atoms with Crippen LogP contribution in [0, 0.1) is 0 Å². The number of ether oxygens (including phenoxy) is 2. The van der Waals surface area contributed by atoms with E-state index in [0.29, 0.717) is 35.2 Å². The monoisotopic (exact) mass is 426 g/mol. The Kier molecular flexibility index (Phi) is 7.44. The average Bonchev–Trinajstić information content (AvgIpc) is 2.72. The number of thiocarbonyl (C=S) groups is 1. The fraction of sp³-hybridized carbons (Fsp3) is 0.0909. The van der Waals surface area contributed by atoms with Gasteiger partial charge in [0, 0.05) is 11.8 Å². The number of hydrogen-bond donors (Lipinski definition) is 2. The summed E-state index contributed by atoms with van der Waals surface area (Å²) < 4.78 is 11.3. The molecule has 0 aliphatic heterocycles. The van der Waals surface area contributed by atoms with Gasteiger partial charge in [0.1, 0.15) is 24.7 Å². The minimum Gasteiger partial charge on any atom is -0.490 e. The van der Waals surface area contributed by atoms with Crippen LogP contribution >= 0.6 is 23.8 Å². The molecule has 1 amide bonds. The van der Waals surface area contributed by atoms with Gasteiger partial charge in [-0.15, -0.1) is 0 Å². The maximum Gasteiger partial charge on any atom is 0.258 e. The first-order chi connectivity index (χ1) is 14.1. The van der Waals surface area contributed by atoms with Crippen molar-refractivity contribution in [2.45, 2.75) is 0 Å². The van der Waals surface area contributed by atoms with Gasteiger partial charge in [0.25, 0.3) is 5.91 Å². The highest BCUT2D eigenvalue weighted by Crippen LogP contribution is 2.18. The fourth-order valence-electron chi connectivity index (χ4n) is 2.48. The lowest BCUT2D eigenvalue weighted by molar-refractivity contribution is 0.0978. The van der Waals surface area contributed by atoms with E-state index in [9.17, 15) is 4.79 Å². The number of rotatable bonds is 7. The first kappa shape index (κ1) is 20.6. The summed E-state index contributed by atoms with van der Waals surface area (Å²) in [6.45, 7) is 0.819. The van der Waals surface area contributed by atoms with Crippen LogP contribution < -0.4 is 20.1 Å². The van der Waals surface area contributed by atoms with Crippen LogP contribution in [0.15, 0.2) is 78.9 Å². The van der Waals surface area contributed by atoms with E-state index in [4.69, 9.17) is 33.3 Å². The predicted octanol–water partition coefficient (Wildman–Crippen LogP) is 4.92. The highest BCUT2D eigenvalue weighted by Gasteiger charge is 2.11. The Morgan fingerprint density at radius 2 is 1.52 bits per heavy atom. The van der Waals surface area contributed by atoms with Crippen LogP contribution in [-0.4, -0.2) is 24.2 Å². The van der Waals surface area contributed by atoms with Gasteiger partial charge >= 0.3 is 0 Å². The Balaban J connectivity index is 1.48. The molecule has 148 valence electrons. The lowest BCUT2D eigenvalue weighted by Crippen LogP contribution is -2.34. The molecule has 3 rings (SSSR count). The SMILES string of the molecule is O=C(NC(=S)Nc1cccc(OCCOc2ccccc2)c1)c1ccccc1Cl. The molecule has 3 aromatic carbocycles. The molecule has 29 heavy (non-hydrogen) atoms. The Labute approximate surface area is 179 Å². The molecule has 0 aliphatic rings. The molecule has 0 heterocycles. The van der Waals surface area contributed by atoms with E-state index in [1.54, 1.807) is 30.3 Å². The molecule has 5 nitrogen and oxygen atoms in total. The zero-order valence-corrected chi connectivity index (χ0v) is 17.0. The van der Waals surface area contributed by atoms with Crippen LogP contribution in [0.2, 0.25) is 5.02 Å². The third kappa shape index (κ3) is 6.48. The van der Waals surface area contributed by atoms with Crippen molar-refractivity contribution in [2.24, 2.45) is 0 Å². The maximum absolute atomic E-state index is 12.3. The van der Waals surface area contributed by atoms with Crippen LogP contribution in [0.4, 0.5) is 5.69 Å². The Morgan fingerprint density at radius 1 is 0.862 bits per heavy atom. The predicted molar refractivity (Wildman–Crippen MR) is 119 cm³/mol. The summed E-state index contributed by atoms with van der Waals surface area (Å²) in [5, 5.41) is 6.10. The fourth-order valence-corrected chi connectivity index (χ4v) is 2.91. The van der Waals surface area contributed by atoms with Crippen molar-refractivity contribution in [3.8, 4) is 11.5 Å². The number of benzene rings is 3. The van der Waals surface area contributed by atoms with Crippen molar-refractivity contribution >= 4 is 40.5 Å². The van der Waals surface area contributed by atoms with Gasteiger partial charge in [-0.1, -0.05) is 48.0 Å². The number of para-hydroxylation sites is 1. The van der Waals surface area contributed by atoms with E-state index in [1.165, 1.54) is 0 Å². The van der Waals surface area contributed by atoms with Crippen LogP contribution in [0.25, 0.3) is 0 Å². The van der Waals surface area contributed by atoms with E-state index in [-0.39, 0.29) is 11.0 Å². The molecule has 0 bridgehead atoms. The zero-order chi connectivity index (χ0) is 20.5. The summed E-state index contributed by atoms with van der Waals surface area (Å²) in [4.78, 5) is 12.3. The van der Waals surface area contributed by atoms with Crippen molar-refractivity contribution in [1.29, 1.82) is 0 Å². The number of halogens is 1. The molecular weight excluding hydrogens is 408 g/mol.